The zero-order chi connectivity index (χ0) is 30.2. The van der Waals surface area contributed by atoms with Crippen LogP contribution in [0.3, 0.4) is 0 Å². The average molecular weight is 593 g/mol. The molecule has 0 unspecified atom stereocenters. The van der Waals surface area contributed by atoms with Crippen molar-refractivity contribution in [3.05, 3.63) is 108 Å². The van der Waals surface area contributed by atoms with E-state index in [-0.39, 0.29) is 29.8 Å². The Morgan fingerprint density at radius 3 is 2.48 bits per heavy atom. The predicted octanol–water partition coefficient (Wildman–Crippen LogP) is 4.63. The lowest BCUT2D eigenvalue weighted by Crippen LogP contribution is -2.41. The summed E-state index contributed by atoms with van der Waals surface area (Å²) in [6.45, 7) is 1.10. The summed E-state index contributed by atoms with van der Waals surface area (Å²) in [6.07, 6.45) is 5.94. The SMILES string of the molecule is O=C(Nc1cn2nc(-c3c(-c4ccc(F)cc4)nn4c3CN(C(=O)Nc3ccncc3)CC4)ccc2n1)c1ccnc(F)c1. The van der Waals surface area contributed by atoms with Crippen LogP contribution in [0.25, 0.3) is 28.2 Å². The second-order valence-corrected chi connectivity index (χ2v) is 9.96. The quantitative estimate of drug-likeness (QED) is 0.279. The molecule has 0 fully saturated rings. The molecule has 218 valence electrons. The molecule has 6 heterocycles. The van der Waals surface area contributed by atoms with Crippen LogP contribution in [-0.4, -0.2) is 57.7 Å². The molecule has 0 saturated carbocycles. The third kappa shape index (κ3) is 5.19. The van der Waals surface area contributed by atoms with Crippen LogP contribution < -0.4 is 10.6 Å². The summed E-state index contributed by atoms with van der Waals surface area (Å²) in [4.78, 5) is 39.3. The van der Waals surface area contributed by atoms with E-state index < -0.39 is 11.9 Å². The molecule has 1 aliphatic heterocycles. The molecule has 0 spiro atoms. The molecule has 0 bridgehead atoms. The molecule has 0 radical (unpaired) electrons. The number of carbonyl (C=O) groups is 2. The molecule has 1 aromatic carbocycles. The van der Waals surface area contributed by atoms with E-state index in [1.807, 2.05) is 4.68 Å². The van der Waals surface area contributed by atoms with Crippen LogP contribution in [0.2, 0.25) is 0 Å². The lowest BCUT2D eigenvalue weighted by Gasteiger charge is -2.28. The van der Waals surface area contributed by atoms with Gasteiger partial charge in [-0.3, -0.25) is 14.5 Å². The maximum atomic E-state index is 13.8. The summed E-state index contributed by atoms with van der Waals surface area (Å²) in [5, 5.41) is 15.1. The molecule has 7 rings (SSSR count). The van der Waals surface area contributed by atoms with Gasteiger partial charge in [-0.05, 0) is 54.6 Å². The molecule has 0 saturated heterocycles. The number of urea groups is 1. The van der Waals surface area contributed by atoms with Crippen LogP contribution in [0.1, 0.15) is 16.1 Å². The van der Waals surface area contributed by atoms with Crippen molar-refractivity contribution in [2.24, 2.45) is 0 Å². The summed E-state index contributed by atoms with van der Waals surface area (Å²) in [5.41, 5.74) is 4.38. The third-order valence-corrected chi connectivity index (χ3v) is 7.12. The fraction of sp³-hybridized carbons (Fsp3) is 0.100. The van der Waals surface area contributed by atoms with Crippen molar-refractivity contribution in [1.82, 2.24) is 39.2 Å². The second-order valence-electron chi connectivity index (χ2n) is 9.96. The molecule has 14 heteroatoms. The molecule has 44 heavy (non-hydrogen) atoms. The number of benzene rings is 1. The number of pyridine rings is 2. The monoisotopic (exact) mass is 592 g/mol. The number of rotatable bonds is 5. The van der Waals surface area contributed by atoms with Crippen LogP contribution in [0.5, 0.6) is 0 Å². The molecule has 0 aliphatic carbocycles. The zero-order valence-electron chi connectivity index (χ0n) is 22.9. The molecule has 5 aromatic heterocycles. The van der Waals surface area contributed by atoms with Gasteiger partial charge in [0.2, 0.25) is 5.95 Å². The molecule has 1 aliphatic rings. The first kappa shape index (κ1) is 26.8. The summed E-state index contributed by atoms with van der Waals surface area (Å²) in [6, 6.07) is 15.1. The van der Waals surface area contributed by atoms with Gasteiger partial charge in [-0.2, -0.15) is 14.6 Å². The van der Waals surface area contributed by atoms with Crippen LogP contribution in [0.15, 0.2) is 85.5 Å². The fourth-order valence-corrected chi connectivity index (χ4v) is 5.02. The largest absolute Gasteiger partial charge is 0.322 e. The highest BCUT2D eigenvalue weighted by molar-refractivity contribution is 6.03. The number of hydrogen-bond acceptors (Lipinski definition) is 7. The number of aromatic nitrogens is 7. The molecule has 3 amide bonds. The van der Waals surface area contributed by atoms with Crippen molar-refractivity contribution < 1.29 is 18.4 Å². The number of nitrogens with one attached hydrogen (secondary N) is 2. The van der Waals surface area contributed by atoms with Gasteiger partial charge in [-0.15, -0.1) is 0 Å². The van der Waals surface area contributed by atoms with E-state index >= 15 is 0 Å². The third-order valence-electron chi connectivity index (χ3n) is 7.12. The van der Waals surface area contributed by atoms with Gasteiger partial charge in [-0.1, -0.05) is 0 Å². The van der Waals surface area contributed by atoms with E-state index in [0.717, 1.165) is 11.8 Å². The van der Waals surface area contributed by atoms with Gasteiger partial charge in [0.1, 0.15) is 11.5 Å². The molecular formula is C30H22F2N10O2. The Morgan fingerprint density at radius 1 is 0.864 bits per heavy atom. The van der Waals surface area contributed by atoms with Gasteiger partial charge in [0, 0.05) is 48.0 Å². The van der Waals surface area contributed by atoms with Crippen LogP contribution in [0.4, 0.5) is 25.1 Å². The minimum absolute atomic E-state index is 0.0937. The van der Waals surface area contributed by atoms with Crippen molar-refractivity contribution in [3.8, 4) is 22.5 Å². The van der Waals surface area contributed by atoms with E-state index in [4.69, 9.17) is 10.2 Å². The van der Waals surface area contributed by atoms with Crippen LogP contribution >= 0.6 is 0 Å². The molecule has 2 N–H and O–H groups in total. The van der Waals surface area contributed by atoms with E-state index in [2.05, 4.69) is 25.6 Å². The Balaban J connectivity index is 1.24. The molecule has 12 nitrogen and oxygen atoms in total. The van der Waals surface area contributed by atoms with E-state index in [0.29, 0.717) is 46.9 Å². The number of carbonyl (C=O) groups excluding carboxylic acids is 2. The second kappa shape index (κ2) is 11.0. The highest BCUT2D eigenvalue weighted by Gasteiger charge is 2.29. The first-order chi connectivity index (χ1) is 21.4. The van der Waals surface area contributed by atoms with Crippen LogP contribution in [-0.2, 0) is 13.1 Å². The zero-order valence-corrected chi connectivity index (χ0v) is 22.9. The minimum atomic E-state index is -0.770. The maximum absolute atomic E-state index is 13.8. The minimum Gasteiger partial charge on any atom is -0.317 e. The Morgan fingerprint density at radius 2 is 1.68 bits per heavy atom. The summed E-state index contributed by atoms with van der Waals surface area (Å²) in [7, 11) is 0. The van der Waals surface area contributed by atoms with Gasteiger partial charge in [0.05, 0.1) is 36.2 Å². The molecule has 6 aromatic rings. The highest BCUT2D eigenvalue weighted by atomic mass is 19.1. The number of hydrogen-bond donors (Lipinski definition) is 2. The van der Waals surface area contributed by atoms with Crippen molar-refractivity contribution in [3.63, 3.8) is 0 Å². The Kier molecular flexibility index (Phi) is 6.69. The van der Waals surface area contributed by atoms with Crippen LogP contribution in [0, 0.1) is 11.8 Å². The Bertz CT molecular complexity index is 2030. The first-order valence-corrected chi connectivity index (χ1v) is 13.5. The topological polar surface area (TPSA) is 135 Å². The normalized spacial score (nSPS) is 12.6. The van der Waals surface area contributed by atoms with Gasteiger partial charge in [0.15, 0.2) is 11.5 Å². The molecular weight excluding hydrogens is 570 g/mol. The summed E-state index contributed by atoms with van der Waals surface area (Å²) >= 11 is 0. The standard InChI is InChI=1S/C30H22F2N10O2/c31-20-3-1-18(2-4-20)28-27(23-16-40(13-14-41(23)39-28)30(44)35-21-8-10-33-11-9-21)22-5-6-26-36-25(17-42(26)38-22)37-29(43)19-7-12-34-24(32)15-19/h1-12,15,17H,13-14,16H2,(H,37,43)(H,33,35,44). The van der Waals surface area contributed by atoms with Gasteiger partial charge in [0.25, 0.3) is 5.91 Å². The number of halogens is 2. The number of amides is 3. The number of anilines is 2. The van der Waals surface area contributed by atoms with Gasteiger partial charge < -0.3 is 15.5 Å². The number of imidazole rings is 1. The lowest BCUT2D eigenvalue weighted by molar-refractivity contribution is 0.102. The van der Waals surface area contributed by atoms with Crippen molar-refractivity contribution in [2.75, 3.05) is 17.2 Å². The van der Waals surface area contributed by atoms with E-state index in [1.54, 1.807) is 53.7 Å². The van der Waals surface area contributed by atoms with E-state index in [1.165, 1.54) is 35.1 Å². The van der Waals surface area contributed by atoms with E-state index in [9.17, 15) is 18.4 Å². The summed E-state index contributed by atoms with van der Waals surface area (Å²) < 4.78 is 30.7. The predicted molar refractivity (Wildman–Crippen MR) is 155 cm³/mol. The Labute approximate surface area is 248 Å². The fourth-order valence-electron chi connectivity index (χ4n) is 5.02. The smallest absolute Gasteiger partial charge is 0.317 e. The van der Waals surface area contributed by atoms with Gasteiger partial charge >= 0.3 is 6.03 Å². The maximum Gasteiger partial charge on any atom is 0.322 e. The van der Waals surface area contributed by atoms with Crippen molar-refractivity contribution in [1.29, 1.82) is 0 Å². The van der Waals surface area contributed by atoms with Crippen molar-refractivity contribution >= 4 is 29.1 Å². The average Bonchev–Trinajstić information content (AvgIpc) is 3.62. The number of fused-ring (bicyclic) bond motifs is 2. The highest BCUT2D eigenvalue weighted by Crippen LogP contribution is 2.36. The lowest BCUT2D eigenvalue weighted by atomic mass is 10.0. The molecule has 0 atom stereocenters. The Hall–Kier alpha value is -6.05. The first-order valence-electron chi connectivity index (χ1n) is 13.5. The number of nitrogens with zero attached hydrogens (tertiary/aromatic N) is 8. The van der Waals surface area contributed by atoms with Crippen molar-refractivity contribution in [2.45, 2.75) is 13.1 Å². The summed E-state index contributed by atoms with van der Waals surface area (Å²) in [5.74, 6) is -1.48. The van der Waals surface area contributed by atoms with Gasteiger partial charge in [-0.25, -0.2) is 23.7 Å².